The largest absolute Gasteiger partial charge is 0.488 e. The molecular formula is C13H15N6O4S+. The molecular weight excluding hydrogens is 336 g/mol. The monoisotopic (exact) mass is 351 g/mol. The van der Waals surface area contributed by atoms with Crippen LogP contribution in [0.4, 0.5) is 16.0 Å². The lowest BCUT2D eigenvalue weighted by molar-refractivity contribution is -0.353. The quantitative estimate of drug-likeness (QED) is 0.498. The van der Waals surface area contributed by atoms with Crippen molar-refractivity contribution in [2.75, 3.05) is 18.2 Å². The van der Waals surface area contributed by atoms with Crippen molar-refractivity contribution in [3.05, 3.63) is 34.5 Å². The fraction of sp³-hybridized carbons (Fsp3) is 0.154. The summed E-state index contributed by atoms with van der Waals surface area (Å²) in [5.41, 5.74) is 10.8. The molecule has 0 fully saturated rings. The highest BCUT2D eigenvalue weighted by Crippen LogP contribution is 2.19. The van der Waals surface area contributed by atoms with Crippen molar-refractivity contribution in [1.29, 1.82) is 0 Å². The second-order valence-electron chi connectivity index (χ2n) is 4.42. The number of nitrogen functional groups attached to an aromatic ring is 1. The predicted octanol–water partition coefficient (Wildman–Crippen LogP) is -1.02. The third-order valence-electron chi connectivity index (χ3n) is 2.66. The van der Waals surface area contributed by atoms with Crippen molar-refractivity contribution in [2.45, 2.75) is 6.92 Å². The topological polar surface area (TPSA) is 160 Å². The zero-order valence-corrected chi connectivity index (χ0v) is 13.6. The van der Waals surface area contributed by atoms with E-state index in [1.165, 1.54) is 19.4 Å². The highest BCUT2D eigenvalue weighted by Gasteiger charge is 2.19. The first kappa shape index (κ1) is 17.1. The van der Waals surface area contributed by atoms with Gasteiger partial charge in [-0.25, -0.2) is 9.79 Å². The van der Waals surface area contributed by atoms with Crippen LogP contribution in [0.15, 0.2) is 27.6 Å². The molecule has 6 N–H and O–H groups in total. The third-order valence-corrected chi connectivity index (χ3v) is 3.41. The Labute approximate surface area is 139 Å². The molecule has 1 amide bonds. The van der Waals surface area contributed by atoms with Gasteiger partial charge in [-0.05, 0) is 35.6 Å². The molecule has 0 aromatic carbocycles. The van der Waals surface area contributed by atoms with E-state index in [-0.39, 0.29) is 22.3 Å². The van der Waals surface area contributed by atoms with E-state index in [9.17, 15) is 9.59 Å². The average molecular weight is 351 g/mol. The summed E-state index contributed by atoms with van der Waals surface area (Å²) in [6.07, 6.45) is 3.02. The Morgan fingerprint density at radius 1 is 1.50 bits per heavy atom. The molecule has 0 aliphatic carbocycles. The van der Waals surface area contributed by atoms with Crippen molar-refractivity contribution < 1.29 is 18.9 Å². The maximum Gasteiger partial charge on any atom is 0.409 e. The zero-order chi connectivity index (χ0) is 17.7. The van der Waals surface area contributed by atoms with Crippen LogP contribution in [0.2, 0.25) is 0 Å². The molecule has 10 nitrogen and oxygen atoms in total. The van der Waals surface area contributed by atoms with Gasteiger partial charge in [0, 0.05) is 6.07 Å². The van der Waals surface area contributed by atoms with E-state index in [1.54, 1.807) is 13.0 Å². The van der Waals surface area contributed by atoms with Gasteiger partial charge in [0.25, 0.3) is 5.91 Å². The lowest BCUT2D eigenvalue weighted by Gasteiger charge is -2.04. The zero-order valence-electron chi connectivity index (χ0n) is 12.8. The van der Waals surface area contributed by atoms with Crippen LogP contribution in [0, 0.1) is 0 Å². The predicted molar refractivity (Wildman–Crippen MR) is 88.4 cm³/mol. The number of hydrogen-bond donors (Lipinski definition) is 4. The Morgan fingerprint density at radius 2 is 2.25 bits per heavy atom. The van der Waals surface area contributed by atoms with Gasteiger partial charge >= 0.3 is 10.8 Å². The van der Waals surface area contributed by atoms with Gasteiger partial charge in [-0.2, -0.15) is 0 Å². The SMILES string of the molecule is COc1c(N)cc(C(=O)Nc2nnc(/[NH+]=C(C)/C=C\N)s2)oc1=O. The number of carbonyl (C=O) groups is 1. The Balaban J connectivity index is 2.18. The van der Waals surface area contributed by atoms with Crippen molar-refractivity contribution >= 4 is 38.9 Å². The first-order valence-electron chi connectivity index (χ1n) is 6.56. The summed E-state index contributed by atoms with van der Waals surface area (Å²) in [7, 11) is 1.27. The molecule has 0 radical (unpaired) electrons. The number of nitrogens with one attached hydrogen (secondary N) is 2. The van der Waals surface area contributed by atoms with Crippen LogP contribution >= 0.6 is 11.3 Å². The number of aromatic nitrogens is 2. The van der Waals surface area contributed by atoms with E-state index in [1.807, 2.05) is 0 Å². The third kappa shape index (κ3) is 3.95. The average Bonchev–Trinajstić information content (AvgIpc) is 2.94. The van der Waals surface area contributed by atoms with Crippen LogP contribution in [0.1, 0.15) is 17.5 Å². The van der Waals surface area contributed by atoms with Crippen LogP contribution in [0.5, 0.6) is 5.75 Å². The number of anilines is 2. The number of nitrogens with two attached hydrogens (primary N) is 2. The summed E-state index contributed by atoms with van der Waals surface area (Å²) in [6, 6.07) is 1.19. The number of allylic oxidation sites excluding steroid dienone is 1. The second-order valence-corrected chi connectivity index (χ2v) is 5.40. The number of rotatable bonds is 5. The Bertz CT molecular complexity index is 870. The highest BCUT2D eigenvalue weighted by atomic mass is 32.1. The number of amides is 1. The van der Waals surface area contributed by atoms with E-state index in [4.69, 9.17) is 20.6 Å². The van der Waals surface area contributed by atoms with Crippen LogP contribution in [0.25, 0.3) is 0 Å². The minimum atomic E-state index is -0.846. The molecule has 0 aliphatic rings. The molecule has 0 spiro atoms. The summed E-state index contributed by atoms with van der Waals surface area (Å²) >= 11 is 1.09. The molecule has 0 saturated carbocycles. The molecule has 0 bridgehead atoms. The van der Waals surface area contributed by atoms with E-state index in [2.05, 4.69) is 20.5 Å². The van der Waals surface area contributed by atoms with Crippen molar-refractivity contribution in [1.82, 2.24) is 10.2 Å². The molecule has 24 heavy (non-hydrogen) atoms. The molecule has 2 heterocycles. The van der Waals surface area contributed by atoms with E-state index in [0.29, 0.717) is 5.13 Å². The first-order valence-corrected chi connectivity index (χ1v) is 7.37. The van der Waals surface area contributed by atoms with E-state index in [0.717, 1.165) is 17.0 Å². The fourth-order valence-electron chi connectivity index (χ4n) is 1.65. The van der Waals surface area contributed by atoms with Gasteiger partial charge in [-0.1, -0.05) is 0 Å². The summed E-state index contributed by atoms with van der Waals surface area (Å²) in [4.78, 5) is 26.7. The lowest BCUT2D eigenvalue weighted by atomic mass is 10.3. The van der Waals surface area contributed by atoms with E-state index < -0.39 is 11.5 Å². The Morgan fingerprint density at radius 3 is 2.88 bits per heavy atom. The maximum absolute atomic E-state index is 12.1. The smallest absolute Gasteiger partial charge is 0.409 e. The normalized spacial score (nSPS) is 11.7. The molecule has 126 valence electrons. The van der Waals surface area contributed by atoms with Crippen LogP contribution < -0.4 is 32.1 Å². The number of hydrogen-bond acceptors (Lipinski definition) is 9. The molecule has 0 saturated heterocycles. The summed E-state index contributed by atoms with van der Waals surface area (Å²) in [6.45, 7) is 1.79. The Hall–Kier alpha value is -3.21. The van der Waals surface area contributed by atoms with Crippen LogP contribution in [-0.4, -0.2) is 28.9 Å². The molecule has 2 aromatic rings. The van der Waals surface area contributed by atoms with Gasteiger partial charge in [0.05, 0.1) is 17.9 Å². The molecule has 2 aromatic heterocycles. The number of carbonyl (C=O) groups excluding carboxylic acids is 1. The molecule has 11 heteroatoms. The summed E-state index contributed by atoms with van der Waals surface area (Å²) in [5.74, 6) is -1.11. The summed E-state index contributed by atoms with van der Waals surface area (Å²) in [5, 5.41) is 10.8. The van der Waals surface area contributed by atoms with Gasteiger partial charge < -0.3 is 20.6 Å². The molecule has 2 rings (SSSR count). The van der Waals surface area contributed by atoms with Crippen LogP contribution in [-0.2, 0) is 0 Å². The molecule has 0 aliphatic heterocycles. The minimum absolute atomic E-state index is 0.00249. The highest BCUT2D eigenvalue weighted by molar-refractivity contribution is 7.18. The maximum atomic E-state index is 12.1. The minimum Gasteiger partial charge on any atom is -0.488 e. The van der Waals surface area contributed by atoms with Gasteiger partial charge in [-0.15, -0.1) is 0 Å². The van der Waals surface area contributed by atoms with E-state index >= 15 is 0 Å². The number of ether oxygens (including phenoxy) is 1. The summed E-state index contributed by atoms with van der Waals surface area (Å²) < 4.78 is 9.64. The van der Waals surface area contributed by atoms with Gasteiger partial charge in [0.2, 0.25) is 10.9 Å². The van der Waals surface area contributed by atoms with Gasteiger partial charge in [-0.3, -0.25) is 10.1 Å². The Kier molecular flexibility index (Phi) is 5.27. The second kappa shape index (κ2) is 7.37. The lowest BCUT2D eigenvalue weighted by Crippen LogP contribution is -2.65. The van der Waals surface area contributed by atoms with Crippen LogP contribution in [0.3, 0.4) is 0 Å². The number of methoxy groups -OCH3 is 1. The van der Waals surface area contributed by atoms with Gasteiger partial charge in [0.15, 0.2) is 5.76 Å². The number of nitrogens with zero attached hydrogens (tertiary/aromatic N) is 2. The fourth-order valence-corrected chi connectivity index (χ4v) is 2.35. The van der Waals surface area contributed by atoms with Gasteiger partial charge in [0.1, 0.15) is 5.71 Å². The van der Waals surface area contributed by atoms with Crippen molar-refractivity contribution in [3.8, 4) is 5.75 Å². The van der Waals surface area contributed by atoms with Crippen molar-refractivity contribution in [3.63, 3.8) is 0 Å². The first-order chi connectivity index (χ1) is 11.4. The molecule has 0 atom stereocenters. The van der Waals surface area contributed by atoms with Crippen molar-refractivity contribution in [2.24, 2.45) is 5.73 Å². The molecule has 0 unspecified atom stereocenters. The standard InChI is InChI=1S/C13H14N6O4S/c1-6(3-4-14)16-12-18-19-13(24-12)17-10(20)8-5-7(15)9(22-2)11(21)23-8/h3-5H,14-15H2,1-2H3,(H,17,19,20)/p+1/b4-3-,16-6+.